The molecule has 4 rings (SSSR count). The van der Waals surface area contributed by atoms with E-state index in [-0.39, 0.29) is 12.1 Å². The summed E-state index contributed by atoms with van der Waals surface area (Å²) in [4.78, 5) is 11.5. The lowest BCUT2D eigenvalue weighted by atomic mass is 9.47. The molecule has 0 radical (unpaired) electrons. The average molecular weight is 443 g/mol. The van der Waals surface area contributed by atoms with Gasteiger partial charge in [0, 0.05) is 13.3 Å². The van der Waals surface area contributed by atoms with Gasteiger partial charge in [-0.05, 0) is 97.7 Å². The SMILES string of the molecule is CC[C@@H](CCC[C@@H]1CC[C@@H]2[C@H]3CC=C4C[C@@H](OC(C)=O)CC[C@]4(C)[C@@H]3CC[C@@]12C)C(C)C. The smallest absolute Gasteiger partial charge is 0.302 e. The van der Waals surface area contributed by atoms with Crippen molar-refractivity contribution in [2.75, 3.05) is 0 Å². The molecular weight excluding hydrogens is 392 g/mol. The van der Waals surface area contributed by atoms with Crippen LogP contribution in [0.15, 0.2) is 11.6 Å². The van der Waals surface area contributed by atoms with Crippen LogP contribution in [0.5, 0.6) is 0 Å². The molecule has 0 saturated heterocycles. The molecule has 0 aliphatic heterocycles. The number of carbonyl (C=O) groups excluding carboxylic acids is 1. The second-order valence-corrected chi connectivity index (χ2v) is 12.9. The van der Waals surface area contributed by atoms with Gasteiger partial charge in [0.05, 0.1) is 0 Å². The van der Waals surface area contributed by atoms with E-state index >= 15 is 0 Å². The lowest BCUT2D eigenvalue weighted by molar-refractivity contribution is -0.148. The summed E-state index contributed by atoms with van der Waals surface area (Å²) < 4.78 is 5.62. The van der Waals surface area contributed by atoms with Crippen LogP contribution in [0.3, 0.4) is 0 Å². The number of esters is 1. The Bertz CT molecular complexity index is 708. The van der Waals surface area contributed by atoms with Crippen molar-refractivity contribution in [2.24, 2.45) is 46.3 Å². The van der Waals surface area contributed by atoms with E-state index < -0.39 is 0 Å². The van der Waals surface area contributed by atoms with Crippen molar-refractivity contribution in [3.8, 4) is 0 Å². The predicted octanol–water partition coefficient (Wildman–Crippen LogP) is 8.35. The largest absolute Gasteiger partial charge is 0.462 e. The fourth-order valence-corrected chi connectivity index (χ4v) is 9.18. The summed E-state index contributed by atoms with van der Waals surface area (Å²) in [6, 6.07) is 0. The highest BCUT2D eigenvalue weighted by Crippen LogP contribution is 2.66. The maximum atomic E-state index is 11.5. The molecule has 4 aliphatic carbocycles. The normalized spacial score (nSPS) is 42.0. The van der Waals surface area contributed by atoms with Crippen molar-refractivity contribution < 1.29 is 9.53 Å². The molecule has 0 unspecified atom stereocenters. The van der Waals surface area contributed by atoms with E-state index in [0.29, 0.717) is 10.8 Å². The molecule has 32 heavy (non-hydrogen) atoms. The Labute approximate surface area is 198 Å². The quantitative estimate of drug-likeness (QED) is 0.292. The third kappa shape index (κ3) is 4.34. The Morgan fingerprint density at radius 3 is 2.59 bits per heavy atom. The zero-order valence-electron chi connectivity index (χ0n) is 21.9. The molecular formula is C30H50O2. The van der Waals surface area contributed by atoms with Crippen molar-refractivity contribution in [1.29, 1.82) is 0 Å². The molecule has 182 valence electrons. The van der Waals surface area contributed by atoms with Gasteiger partial charge in [-0.2, -0.15) is 0 Å². The van der Waals surface area contributed by atoms with Gasteiger partial charge in [-0.1, -0.05) is 65.5 Å². The van der Waals surface area contributed by atoms with Gasteiger partial charge < -0.3 is 4.74 Å². The maximum absolute atomic E-state index is 11.5. The first kappa shape index (κ1) is 24.3. The summed E-state index contributed by atoms with van der Waals surface area (Å²) in [5.74, 6) is 5.26. The van der Waals surface area contributed by atoms with Crippen LogP contribution in [0.1, 0.15) is 119 Å². The molecule has 0 aromatic heterocycles. The highest BCUT2D eigenvalue weighted by Gasteiger charge is 2.58. The van der Waals surface area contributed by atoms with Gasteiger partial charge >= 0.3 is 5.97 Å². The van der Waals surface area contributed by atoms with Crippen LogP contribution in [0.25, 0.3) is 0 Å². The Hall–Kier alpha value is -0.790. The van der Waals surface area contributed by atoms with E-state index in [2.05, 4.69) is 40.7 Å². The summed E-state index contributed by atoms with van der Waals surface area (Å²) >= 11 is 0. The van der Waals surface area contributed by atoms with Crippen molar-refractivity contribution in [2.45, 2.75) is 125 Å². The predicted molar refractivity (Wildman–Crippen MR) is 133 cm³/mol. The number of allylic oxidation sites excluding steroid dienone is 1. The molecule has 0 heterocycles. The lowest BCUT2D eigenvalue weighted by Crippen LogP contribution is -2.50. The van der Waals surface area contributed by atoms with Gasteiger partial charge in [-0.15, -0.1) is 0 Å². The van der Waals surface area contributed by atoms with Crippen LogP contribution in [-0.4, -0.2) is 12.1 Å². The molecule has 0 aromatic rings. The standard InChI is InChI=1S/C30H50O2/c1-7-22(20(2)3)9-8-10-23-12-14-27-26-13-11-24-19-25(32-21(4)31)15-17-30(24,6)28(26)16-18-29(23,27)5/h11,20,22-23,25-28H,7-10,12-19H2,1-6H3/t22-,23+,25-,26+,27+,28+,29-,30-/m0/s1. The zero-order valence-corrected chi connectivity index (χ0v) is 21.9. The first-order valence-electron chi connectivity index (χ1n) is 14.1. The van der Waals surface area contributed by atoms with Crippen LogP contribution in [-0.2, 0) is 9.53 Å². The van der Waals surface area contributed by atoms with Crippen LogP contribution < -0.4 is 0 Å². The fraction of sp³-hybridized carbons (Fsp3) is 0.900. The minimum Gasteiger partial charge on any atom is -0.462 e. The van der Waals surface area contributed by atoms with Crippen molar-refractivity contribution >= 4 is 5.97 Å². The number of ether oxygens (including phenoxy) is 1. The minimum atomic E-state index is -0.114. The van der Waals surface area contributed by atoms with Gasteiger partial charge in [0.15, 0.2) is 0 Å². The molecule has 3 saturated carbocycles. The van der Waals surface area contributed by atoms with Crippen LogP contribution in [0, 0.1) is 46.3 Å². The van der Waals surface area contributed by atoms with Gasteiger partial charge in [0.25, 0.3) is 0 Å². The number of hydrogen-bond donors (Lipinski definition) is 0. The van der Waals surface area contributed by atoms with Crippen molar-refractivity contribution in [3.05, 3.63) is 11.6 Å². The number of rotatable bonds is 7. The third-order valence-corrected chi connectivity index (χ3v) is 11.2. The minimum absolute atomic E-state index is 0.114. The van der Waals surface area contributed by atoms with Gasteiger partial charge in [0.2, 0.25) is 0 Å². The first-order chi connectivity index (χ1) is 15.2. The van der Waals surface area contributed by atoms with Gasteiger partial charge in [0.1, 0.15) is 6.10 Å². The molecule has 3 fully saturated rings. The second kappa shape index (κ2) is 9.46. The van der Waals surface area contributed by atoms with Crippen LogP contribution in [0.4, 0.5) is 0 Å². The van der Waals surface area contributed by atoms with Crippen molar-refractivity contribution in [3.63, 3.8) is 0 Å². The number of carbonyl (C=O) groups is 1. The summed E-state index contributed by atoms with van der Waals surface area (Å²) in [6.07, 6.45) is 18.7. The summed E-state index contributed by atoms with van der Waals surface area (Å²) in [7, 11) is 0. The Balaban J connectivity index is 1.42. The summed E-state index contributed by atoms with van der Waals surface area (Å²) in [5, 5.41) is 0. The van der Waals surface area contributed by atoms with E-state index in [4.69, 9.17) is 4.74 Å². The average Bonchev–Trinajstić information content (AvgIpc) is 3.07. The molecule has 0 bridgehead atoms. The van der Waals surface area contributed by atoms with E-state index in [1.54, 1.807) is 12.5 Å². The molecule has 2 nitrogen and oxygen atoms in total. The summed E-state index contributed by atoms with van der Waals surface area (Å²) in [5.41, 5.74) is 2.55. The van der Waals surface area contributed by atoms with Crippen LogP contribution >= 0.6 is 0 Å². The van der Waals surface area contributed by atoms with Gasteiger partial charge in [-0.3, -0.25) is 4.79 Å². The van der Waals surface area contributed by atoms with E-state index in [0.717, 1.165) is 48.3 Å². The number of hydrogen-bond acceptors (Lipinski definition) is 2. The second-order valence-electron chi connectivity index (χ2n) is 12.9. The lowest BCUT2D eigenvalue weighted by Gasteiger charge is -2.58. The van der Waals surface area contributed by atoms with E-state index in [1.165, 1.54) is 64.2 Å². The van der Waals surface area contributed by atoms with E-state index in [1.807, 2.05) is 0 Å². The molecule has 0 amide bonds. The van der Waals surface area contributed by atoms with Crippen LogP contribution in [0.2, 0.25) is 0 Å². The Kier molecular flexibility index (Phi) is 7.19. The molecule has 4 aliphatic rings. The summed E-state index contributed by atoms with van der Waals surface area (Å²) in [6.45, 7) is 14.0. The Morgan fingerprint density at radius 2 is 1.91 bits per heavy atom. The first-order valence-corrected chi connectivity index (χ1v) is 14.1. The Morgan fingerprint density at radius 1 is 1.12 bits per heavy atom. The molecule has 0 aromatic carbocycles. The molecule has 0 spiro atoms. The molecule has 0 N–H and O–H groups in total. The molecule has 2 heteroatoms. The zero-order chi connectivity index (χ0) is 23.1. The maximum Gasteiger partial charge on any atom is 0.302 e. The fourth-order valence-electron chi connectivity index (χ4n) is 9.18. The van der Waals surface area contributed by atoms with E-state index in [9.17, 15) is 4.79 Å². The third-order valence-electron chi connectivity index (χ3n) is 11.2. The highest BCUT2D eigenvalue weighted by molar-refractivity contribution is 5.66. The number of fused-ring (bicyclic) bond motifs is 5. The molecule has 8 atom stereocenters. The topological polar surface area (TPSA) is 26.3 Å². The van der Waals surface area contributed by atoms with Crippen molar-refractivity contribution in [1.82, 2.24) is 0 Å². The highest BCUT2D eigenvalue weighted by atomic mass is 16.5. The monoisotopic (exact) mass is 442 g/mol. The van der Waals surface area contributed by atoms with Gasteiger partial charge in [-0.25, -0.2) is 0 Å².